The van der Waals surface area contributed by atoms with Crippen LogP contribution in [-0.4, -0.2) is 68.9 Å². The Bertz CT molecular complexity index is 640. The van der Waals surface area contributed by atoms with Crippen molar-refractivity contribution in [1.82, 2.24) is 10.2 Å². The van der Waals surface area contributed by atoms with Gasteiger partial charge in [-0.3, -0.25) is 18.9 Å². The molecule has 1 fully saturated rings. The molecule has 1 aromatic rings. The van der Waals surface area contributed by atoms with E-state index in [0.29, 0.717) is 49.7 Å². The van der Waals surface area contributed by atoms with E-state index in [0.717, 1.165) is 6.54 Å². The molecule has 0 aromatic heterocycles. The third-order valence-corrected chi connectivity index (χ3v) is 4.20. The first-order valence-corrected chi connectivity index (χ1v) is 8.40. The first-order valence-electron chi connectivity index (χ1n) is 8.40. The lowest BCUT2D eigenvalue weighted by Crippen LogP contribution is -2.47. The molecule has 25 heavy (non-hydrogen) atoms. The second kappa shape index (κ2) is 8.26. The van der Waals surface area contributed by atoms with E-state index in [1.54, 1.807) is 18.2 Å². The number of anilines is 1. The molecule has 1 aromatic carbocycles. The number of hydrogen-bond acceptors (Lipinski definition) is 5. The molecule has 0 saturated carbocycles. The summed E-state index contributed by atoms with van der Waals surface area (Å²) in [6.45, 7) is 2.78. The summed E-state index contributed by atoms with van der Waals surface area (Å²) in [4.78, 5) is 25.8. The summed E-state index contributed by atoms with van der Waals surface area (Å²) in [6.07, 6.45) is 0.403. The first-order chi connectivity index (χ1) is 12.2. The van der Waals surface area contributed by atoms with Crippen molar-refractivity contribution in [3.8, 4) is 5.75 Å². The topological polar surface area (TPSA) is 79.9 Å². The van der Waals surface area contributed by atoms with E-state index in [4.69, 9.17) is 9.47 Å². The fourth-order valence-corrected chi connectivity index (χ4v) is 2.92. The van der Waals surface area contributed by atoms with Crippen molar-refractivity contribution in [1.29, 1.82) is 0 Å². The number of hydrogen-bond donors (Lipinski definition) is 2. The summed E-state index contributed by atoms with van der Waals surface area (Å²) >= 11 is 0. The number of morpholine rings is 1. The second-order valence-electron chi connectivity index (χ2n) is 6.09. The largest absolute Gasteiger partial charge is 0.482 e. The number of rotatable bonds is 6. The zero-order valence-electron chi connectivity index (χ0n) is 13.9. The average Bonchev–Trinajstić information content (AvgIpc) is 2.64. The number of benzene rings is 1. The van der Waals surface area contributed by atoms with Crippen molar-refractivity contribution in [2.24, 2.45) is 0 Å². The Labute approximate surface area is 145 Å². The summed E-state index contributed by atoms with van der Waals surface area (Å²) in [5.74, 6) is 0.0661. The summed E-state index contributed by atoms with van der Waals surface area (Å²) in [7, 11) is 0. The SMILES string of the molecule is O=C1COc2ccc(C(=O)NCC3CN(CCCF)CCO3)cc2N1. The summed E-state index contributed by atoms with van der Waals surface area (Å²) < 4.78 is 23.2. The highest BCUT2D eigenvalue weighted by Gasteiger charge is 2.22. The van der Waals surface area contributed by atoms with Crippen molar-refractivity contribution in [3.63, 3.8) is 0 Å². The number of amides is 2. The standard InChI is InChI=1S/C17H22FN3O4/c18-4-1-5-21-6-7-24-13(10-21)9-19-17(23)12-2-3-15-14(8-12)20-16(22)11-25-15/h2-3,8,13H,1,4-7,9-11H2,(H,19,23)(H,20,22). The molecule has 2 N–H and O–H groups in total. The van der Waals surface area contributed by atoms with Gasteiger partial charge in [0, 0.05) is 31.7 Å². The number of carbonyl (C=O) groups is 2. The fraction of sp³-hybridized carbons (Fsp3) is 0.529. The molecule has 1 unspecified atom stereocenters. The van der Waals surface area contributed by atoms with Crippen LogP contribution >= 0.6 is 0 Å². The Kier molecular flexibility index (Phi) is 5.83. The van der Waals surface area contributed by atoms with Gasteiger partial charge in [-0.1, -0.05) is 0 Å². The molecule has 2 aliphatic rings. The lowest BCUT2D eigenvalue weighted by Gasteiger charge is -2.32. The Morgan fingerprint density at radius 3 is 3.16 bits per heavy atom. The molecule has 0 radical (unpaired) electrons. The van der Waals surface area contributed by atoms with Gasteiger partial charge in [-0.25, -0.2) is 0 Å². The van der Waals surface area contributed by atoms with E-state index in [9.17, 15) is 14.0 Å². The first kappa shape index (κ1) is 17.6. The van der Waals surface area contributed by atoms with E-state index in [1.807, 2.05) is 0 Å². The molecular weight excluding hydrogens is 329 g/mol. The lowest BCUT2D eigenvalue weighted by molar-refractivity contribution is -0.118. The van der Waals surface area contributed by atoms with E-state index >= 15 is 0 Å². The van der Waals surface area contributed by atoms with Crippen LogP contribution in [-0.2, 0) is 9.53 Å². The van der Waals surface area contributed by atoms with Crippen molar-refractivity contribution in [3.05, 3.63) is 23.8 Å². The van der Waals surface area contributed by atoms with Gasteiger partial charge in [-0.05, 0) is 24.6 Å². The number of halogens is 1. The molecule has 7 nitrogen and oxygen atoms in total. The van der Waals surface area contributed by atoms with Crippen molar-refractivity contribution < 1.29 is 23.5 Å². The van der Waals surface area contributed by atoms with Crippen LogP contribution in [0.1, 0.15) is 16.8 Å². The predicted molar refractivity (Wildman–Crippen MR) is 89.7 cm³/mol. The van der Waals surface area contributed by atoms with Gasteiger partial charge in [0.1, 0.15) is 5.75 Å². The minimum atomic E-state index is -0.322. The Balaban J connectivity index is 1.52. The maximum Gasteiger partial charge on any atom is 0.262 e. The van der Waals surface area contributed by atoms with Crippen LogP contribution in [0.15, 0.2) is 18.2 Å². The van der Waals surface area contributed by atoms with Gasteiger partial charge in [0.25, 0.3) is 11.8 Å². The summed E-state index contributed by atoms with van der Waals surface area (Å²) in [5, 5.41) is 5.53. The minimum Gasteiger partial charge on any atom is -0.482 e. The van der Waals surface area contributed by atoms with E-state index in [1.165, 1.54) is 0 Å². The van der Waals surface area contributed by atoms with Gasteiger partial charge < -0.3 is 20.1 Å². The number of nitrogens with zero attached hydrogens (tertiary/aromatic N) is 1. The third-order valence-electron chi connectivity index (χ3n) is 4.20. The fourth-order valence-electron chi connectivity index (χ4n) is 2.92. The number of carbonyl (C=O) groups excluding carboxylic acids is 2. The highest BCUT2D eigenvalue weighted by Crippen LogP contribution is 2.28. The van der Waals surface area contributed by atoms with Gasteiger partial charge in [0.15, 0.2) is 6.61 Å². The van der Waals surface area contributed by atoms with Gasteiger partial charge in [-0.15, -0.1) is 0 Å². The van der Waals surface area contributed by atoms with Crippen molar-refractivity contribution in [2.45, 2.75) is 12.5 Å². The van der Waals surface area contributed by atoms with Crippen LogP contribution in [0.25, 0.3) is 0 Å². The third kappa shape index (κ3) is 4.67. The van der Waals surface area contributed by atoms with Crippen molar-refractivity contribution in [2.75, 3.05) is 51.4 Å². The van der Waals surface area contributed by atoms with Gasteiger partial charge >= 0.3 is 0 Å². The highest BCUT2D eigenvalue weighted by atomic mass is 19.1. The van der Waals surface area contributed by atoms with Crippen LogP contribution < -0.4 is 15.4 Å². The molecule has 2 amide bonds. The molecule has 136 valence electrons. The molecule has 2 aliphatic heterocycles. The zero-order valence-corrected chi connectivity index (χ0v) is 13.9. The quantitative estimate of drug-likeness (QED) is 0.793. The smallest absolute Gasteiger partial charge is 0.262 e. The van der Waals surface area contributed by atoms with Crippen LogP contribution in [0, 0.1) is 0 Å². The van der Waals surface area contributed by atoms with Gasteiger partial charge in [0.2, 0.25) is 0 Å². The molecule has 1 saturated heterocycles. The Hall–Kier alpha value is -2.19. The predicted octanol–water partition coefficient (Wildman–Crippen LogP) is 0.808. The van der Waals surface area contributed by atoms with Gasteiger partial charge in [-0.2, -0.15) is 0 Å². The monoisotopic (exact) mass is 351 g/mol. The zero-order chi connectivity index (χ0) is 17.6. The normalized spacial score (nSPS) is 20.4. The maximum absolute atomic E-state index is 12.3. The highest BCUT2D eigenvalue weighted by molar-refractivity contribution is 5.99. The minimum absolute atomic E-state index is 0.0174. The number of fused-ring (bicyclic) bond motifs is 1. The Morgan fingerprint density at radius 2 is 2.32 bits per heavy atom. The van der Waals surface area contributed by atoms with Crippen LogP contribution in [0.3, 0.4) is 0 Å². The molecule has 0 bridgehead atoms. The molecule has 1 atom stereocenters. The number of alkyl halides is 1. The Morgan fingerprint density at radius 1 is 1.44 bits per heavy atom. The van der Waals surface area contributed by atoms with E-state index in [2.05, 4.69) is 15.5 Å². The maximum atomic E-state index is 12.3. The van der Waals surface area contributed by atoms with Crippen molar-refractivity contribution >= 4 is 17.5 Å². The lowest BCUT2D eigenvalue weighted by atomic mass is 10.1. The second-order valence-corrected chi connectivity index (χ2v) is 6.09. The summed E-state index contributed by atoms with van der Waals surface area (Å²) in [5.41, 5.74) is 0.935. The summed E-state index contributed by atoms with van der Waals surface area (Å²) in [6, 6.07) is 4.91. The number of ether oxygens (including phenoxy) is 2. The van der Waals surface area contributed by atoms with Crippen LogP contribution in [0.5, 0.6) is 5.75 Å². The van der Waals surface area contributed by atoms with Crippen LogP contribution in [0.2, 0.25) is 0 Å². The van der Waals surface area contributed by atoms with E-state index < -0.39 is 0 Å². The van der Waals surface area contributed by atoms with E-state index in [-0.39, 0.29) is 31.2 Å². The van der Waals surface area contributed by atoms with Gasteiger partial charge in [0.05, 0.1) is 25.1 Å². The molecule has 2 heterocycles. The molecular formula is C17H22FN3O4. The average molecular weight is 351 g/mol. The molecule has 0 aliphatic carbocycles. The van der Waals surface area contributed by atoms with Crippen LogP contribution in [0.4, 0.5) is 10.1 Å². The number of nitrogens with one attached hydrogen (secondary N) is 2. The molecule has 3 rings (SSSR count). The molecule has 8 heteroatoms. The molecule has 0 spiro atoms.